The summed E-state index contributed by atoms with van der Waals surface area (Å²) in [7, 11) is 0. The van der Waals surface area contributed by atoms with E-state index in [0.29, 0.717) is 17.4 Å². The Morgan fingerprint density at radius 2 is 1.56 bits per heavy atom. The zero-order chi connectivity index (χ0) is 11.5. The van der Waals surface area contributed by atoms with Crippen molar-refractivity contribution in [2.24, 2.45) is 0 Å². The number of benzene rings is 1. The van der Waals surface area contributed by atoms with Crippen molar-refractivity contribution in [1.29, 1.82) is 0 Å². The zero-order valence-corrected chi connectivity index (χ0v) is 9.27. The van der Waals surface area contributed by atoms with Crippen molar-refractivity contribution < 1.29 is 4.74 Å². The molecule has 0 aliphatic heterocycles. The van der Waals surface area contributed by atoms with Gasteiger partial charge in [0.15, 0.2) is 0 Å². The van der Waals surface area contributed by atoms with E-state index < -0.39 is 0 Å². The quantitative estimate of drug-likeness (QED) is 0.782. The maximum absolute atomic E-state index is 5.58. The second-order valence-electron chi connectivity index (χ2n) is 3.60. The van der Waals surface area contributed by atoms with Gasteiger partial charge in [-0.2, -0.15) is 0 Å². The van der Waals surface area contributed by atoms with Crippen LogP contribution in [0.4, 0.5) is 5.69 Å². The van der Waals surface area contributed by atoms with Crippen LogP contribution in [0.3, 0.4) is 0 Å². The van der Waals surface area contributed by atoms with Crippen LogP contribution in [-0.4, -0.2) is 9.97 Å². The van der Waals surface area contributed by atoms with E-state index >= 15 is 0 Å². The highest BCUT2D eigenvalue weighted by atomic mass is 16.5. The Labute approximate surface area is 94.1 Å². The molecule has 0 bridgehead atoms. The lowest BCUT2D eigenvalue weighted by atomic mass is 10.3. The first-order chi connectivity index (χ1) is 7.63. The summed E-state index contributed by atoms with van der Waals surface area (Å²) in [6.07, 6.45) is 0. The number of ether oxygens (including phenoxy) is 1. The number of hydrogen-bond acceptors (Lipinski definition) is 4. The minimum Gasteiger partial charge on any atom is -0.424 e. The molecule has 1 aromatic carbocycles. The molecule has 82 valence electrons. The van der Waals surface area contributed by atoms with Crippen LogP contribution in [0.5, 0.6) is 11.8 Å². The van der Waals surface area contributed by atoms with Gasteiger partial charge in [-0.15, -0.1) is 0 Å². The van der Waals surface area contributed by atoms with Gasteiger partial charge in [0, 0.05) is 17.1 Å². The summed E-state index contributed by atoms with van der Waals surface area (Å²) in [5.74, 6) is 0.680. The van der Waals surface area contributed by atoms with Gasteiger partial charge in [0.05, 0.1) is 0 Å². The predicted molar refractivity (Wildman–Crippen MR) is 62.4 cm³/mol. The molecule has 0 aliphatic carbocycles. The largest absolute Gasteiger partial charge is 0.424 e. The summed E-state index contributed by atoms with van der Waals surface area (Å²) in [4.78, 5) is 8.37. The van der Waals surface area contributed by atoms with Gasteiger partial charge in [0.25, 0.3) is 0 Å². The van der Waals surface area contributed by atoms with Crippen LogP contribution < -0.4 is 10.5 Å². The van der Waals surface area contributed by atoms with E-state index in [4.69, 9.17) is 10.5 Å². The second-order valence-corrected chi connectivity index (χ2v) is 3.60. The molecule has 2 aromatic rings. The molecule has 0 spiro atoms. The van der Waals surface area contributed by atoms with Crippen LogP contribution in [0, 0.1) is 13.8 Å². The molecular formula is C12H13N3O. The number of nitrogen functional groups attached to an aromatic ring is 1. The molecule has 0 aliphatic rings. The van der Waals surface area contributed by atoms with Crippen molar-refractivity contribution in [1.82, 2.24) is 9.97 Å². The maximum Gasteiger partial charge on any atom is 0.322 e. The fourth-order valence-electron chi connectivity index (χ4n) is 1.38. The lowest BCUT2D eigenvalue weighted by molar-refractivity contribution is 0.439. The smallest absolute Gasteiger partial charge is 0.322 e. The molecule has 0 saturated heterocycles. The normalized spacial score (nSPS) is 10.1. The monoisotopic (exact) mass is 215 g/mol. The molecule has 1 heterocycles. The summed E-state index contributed by atoms with van der Waals surface area (Å²) < 4.78 is 5.52. The zero-order valence-electron chi connectivity index (χ0n) is 9.27. The van der Waals surface area contributed by atoms with Gasteiger partial charge in [-0.25, -0.2) is 9.97 Å². The number of rotatable bonds is 2. The molecule has 4 nitrogen and oxygen atoms in total. The molecule has 0 saturated carbocycles. The highest BCUT2D eigenvalue weighted by Crippen LogP contribution is 2.19. The molecule has 0 atom stereocenters. The summed E-state index contributed by atoms with van der Waals surface area (Å²) in [5.41, 5.74) is 8.06. The van der Waals surface area contributed by atoms with E-state index in [1.165, 1.54) is 0 Å². The molecule has 2 rings (SSSR count). The van der Waals surface area contributed by atoms with E-state index in [1.807, 2.05) is 19.9 Å². The van der Waals surface area contributed by atoms with Crippen molar-refractivity contribution in [3.8, 4) is 11.8 Å². The molecule has 0 radical (unpaired) electrons. The van der Waals surface area contributed by atoms with Gasteiger partial charge in [-0.05, 0) is 44.2 Å². The topological polar surface area (TPSA) is 61.0 Å². The summed E-state index contributed by atoms with van der Waals surface area (Å²) in [6.45, 7) is 3.81. The fraction of sp³-hybridized carbons (Fsp3) is 0.167. The molecular weight excluding hydrogens is 202 g/mol. The van der Waals surface area contributed by atoms with Crippen molar-refractivity contribution >= 4 is 5.69 Å². The lowest BCUT2D eigenvalue weighted by Crippen LogP contribution is -1.95. The minimum atomic E-state index is 0.363. The highest BCUT2D eigenvalue weighted by Gasteiger charge is 2.02. The first kappa shape index (κ1) is 10.4. The number of nitrogens with two attached hydrogens (primary N) is 1. The highest BCUT2D eigenvalue weighted by molar-refractivity contribution is 5.42. The van der Waals surface area contributed by atoms with E-state index in [0.717, 1.165) is 11.4 Å². The van der Waals surface area contributed by atoms with Gasteiger partial charge < -0.3 is 10.5 Å². The Hall–Kier alpha value is -2.10. The van der Waals surface area contributed by atoms with Gasteiger partial charge in [0.2, 0.25) is 0 Å². The Morgan fingerprint density at radius 3 is 2.12 bits per heavy atom. The summed E-state index contributed by atoms with van der Waals surface area (Å²) >= 11 is 0. The van der Waals surface area contributed by atoms with Crippen molar-refractivity contribution in [3.63, 3.8) is 0 Å². The third kappa shape index (κ3) is 2.48. The Balaban J connectivity index is 2.23. The van der Waals surface area contributed by atoms with Crippen LogP contribution in [0.1, 0.15) is 11.4 Å². The van der Waals surface area contributed by atoms with Gasteiger partial charge in [-0.1, -0.05) is 0 Å². The number of aromatic nitrogens is 2. The third-order valence-electron chi connectivity index (χ3n) is 2.05. The Kier molecular flexibility index (Phi) is 2.72. The van der Waals surface area contributed by atoms with Gasteiger partial charge >= 0.3 is 6.01 Å². The van der Waals surface area contributed by atoms with Crippen LogP contribution in [0.2, 0.25) is 0 Å². The van der Waals surface area contributed by atoms with Crippen molar-refractivity contribution in [2.75, 3.05) is 5.73 Å². The van der Waals surface area contributed by atoms with E-state index in [2.05, 4.69) is 9.97 Å². The Morgan fingerprint density at radius 1 is 1.00 bits per heavy atom. The molecule has 4 heteroatoms. The number of anilines is 1. The number of aryl methyl sites for hydroxylation is 2. The van der Waals surface area contributed by atoms with Crippen LogP contribution >= 0.6 is 0 Å². The molecule has 2 N–H and O–H groups in total. The average Bonchev–Trinajstić information content (AvgIpc) is 2.20. The number of hydrogen-bond donors (Lipinski definition) is 1. The van der Waals surface area contributed by atoms with Crippen molar-refractivity contribution in [3.05, 3.63) is 41.7 Å². The average molecular weight is 215 g/mol. The van der Waals surface area contributed by atoms with Gasteiger partial charge in [-0.3, -0.25) is 0 Å². The van der Waals surface area contributed by atoms with E-state index in [-0.39, 0.29) is 0 Å². The van der Waals surface area contributed by atoms with Gasteiger partial charge in [0.1, 0.15) is 5.75 Å². The predicted octanol–water partition coefficient (Wildman–Crippen LogP) is 2.47. The Bertz CT molecular complexity index is 474. The van der Waals surface area contributed by atoms with Crippen LogP contribution in [0.25, 0.3) is 0 Å². The molecule has 0 amide bonds. The molecule has 0 fully saturated rings. The fourth-order valence-corrected chi connectivity index (χ4v) is 1.38. The second kappa shape index (κ2) is 4.18. The molecule has 1 aromatic heterocycles. The van der Waals surface area contributed by atoms with E-state index in [9.17, 15) is 0 Å². The minimum absolute atomic E-state index is 0.363. The summed E-state index contributed by atoms with van der Waals surface area (Å²) in [6, 6.07) is 9.39. The molecule has 0 unspecified atom stereocenters. The third-order valence-corrected chi connectivity index (χ3v) is 2.05. The summed E-state index contributed by atoms with van der Waals surface area (Å²) in [5, 5.41) is 0. The first-order valence-electron chi connectivity index (χ1n) is 4.99. The first-order valence-corrected chi connectivity index (χ1v) is 4.99. The SMILES string of the molecule is Cc1cc(C)nc(Oc2ccc(N)cc2)n1. The van der Waals surface area contributed by atoms with Crippen LogP contribution in [-0.2, 0) is 0 Å². The van der Waals surface area contributed by atoms with Crippen LogP contribution in [0.15, 0.2) is 30.3 Å². The number of nitrogens with zero attached hydrogens (tertiary/aromatic N) is 2. The van der Waals surface area contributed by atoms with Crippen molar-refractivity contribution in [2.45, 2.75) is 13.8 Å². The molecule has 16 heavy (non-hydrogen) atoms. The lowest BCUT2D eigenvalue weighted by Gasteiger charge is -2.05. The maximum atomic E-state index is 5.58. The standard InChI is InChI=1S/C12H13N3O/c1-8-7-9(2)15-12(14-8)16-11-5-3-10(13)4-6-11/h3-7H,13H2,1-2H3. The van der Waals surface area contributed by atoms with E-state index in [1.54, 1.807) is 24.3 Å².